The molecule has 0 spiro atoms. The first-order valence-electron chi connectivity index (χ1n) is 7.14. The number of nitrogens with one attached hydrogen (secondary N) is 2. The number of benzene rings is 1. The summed E-state index contributed by atoms with van der Waals surface area (Å²) in [6.45, 7) is 7.37. The van der Waals surface area contributed by atoms with Crippen LogP contribution in [0.2, 0.25) is 0 Å². The Morgan fingerprint density at radius 3 is 2.70 bits per heavy atom. The maximum atomic E-state index is 12.2. The molecule has 1 amide bonds. The minimum atomic E-state index is -0.0852. The molecule has 110 valence electrons. The SMILES string of the molecule is COc1ccc(C(C)(C)C)cc1NC(=O)[C@H]1CCCN1. The molecule has 1 saturated heterocycles. The van der Waals surface area contributed by atoms with Crippen molar-refractivity contribution in [2.45, 2.75) is 45.1 Å². The third-order valence-corrected chi connectivity index (χ3v) is 3.70. The molecule has 0 bridgehead atoms. The van der Waals surface area contributed by atoms with E-state index in [4.69, 9.17) is 4.74 Å². The van der Waals surface area contributed by atoms with E-state index in [-0.39, 0.29) is 17.4 Å². The molecule has 2 N–H and O–H groups in total. The first kappa shape index (κ1) is 14.9. The van der Waals surface area contributed by atoms with Gasteiger partial charge in [0.05, 0.1) is 18.8 Å². The van der Waals surface area contributed by atoms with Gasteiger partial charge in [-0.05, 0) is 42.5 Å². The largest absolute Gasteiger partial charge is 0.495 e. The van der Waals surface area contributed by atoms with Gasteiger partial charge in [-0.3, -0.25) is 4.79 Å². The average molecular weight is 276 g/mol. The van der Waals surface area contributed by atoms with Crippen molar-refractivity contribution in [3.05, 3.63) is 23.8 Å². The molecule has 1 heterocycles. The van der Waals surface area contributed by atoms with Crippen molar-refractivity contribution in [1.29, 1.82) is 0 Å². The zero-order chi connectivity index (χ0) is 14.8. The van der Waals surface area contributed by atoms with Crippen molar-refractivity contribution >= 4 is 11.6 Å². The molecule has 2 rings (SSSR count). The molecule has 1 fully saturated rings. The molecule has 1 atom stereocenters. The number of hydrogen-bond donors (Lipinski definition) is 2. The molecule has 1 aliphatic heterocycles. The second kappa shape index (κ2) is 5.83. The summed E-state index contributed by atoms with van der Waals surface area (Å²) in [5.41, 5.74) is 1.96. The zero-order valence-electron chi connectivity index (χ0n) is 12.7. The van der Waals surface area contributed by atoms with Crippen molar-refractivity contribution in [3.8, 4) is 5.75 Å². The van der Waals surface area contributed by atoms with E-state index in [2.05, 4.69) is 31.4 Å². The Hall–Kier alpha value is -1.55. The number of carbonyl (C=O) groups excluding carboxylic acids is 1. The van der Waals surface area contributed by atoms with Crippen molar-refractivity contribution in [2.75, 3.05) is 19.0 Å². The van der Waals surface area contributed by atoms with Crippen LogP contribution < -0.4 is 15.4 Å². The minimum absolute atomic E-state index is 0.0202. The number of carbonyl (C=O) groups is 1. The first-order chi connectivity index (χ1) is 9.41. The van der Waals surface area contributed by atoms with E-state index in [1.165, 1.54) is 5.56 Å². The Morgan fingerprint density at radius 1 is 1.40 bits per heavy atom. The second-order valence-electron chi connectivity index (χ2n) is 6.30. The van der Waals surface area contributed by atoms with Crippen LogP contribution in [0.25, 0.3) is 0 Å². The van der Waals surface area contributed by atoms with E-state index in [1.807, 2.05) is 18.2 Å². The van der Waals surface area contributed by atoms with Gasteiger partial charge in [-0.1, -0.05) is 26.8 Å². The van der Waals surface area contributed by atoms with Gasteiger partial charge in [-0.25, -0.2) is 0 Å². The maximum absolute atomic E-state index is 12.2. The predicted octanol–water partition coefficient (Wildman–Crippen LogP) is 2.68. The molecule has 0 aliphatic carbocycles. The van der Waals surface area contributed by atoms with Crippen LogP contribution in [0, 0.1) is 0 Å². The molecule has 0 radical (unpaired) electrons. The molecular formula is C16H24N2O2. The van der Waals surface area contributed by atoms with Crippen LogP contribution in [-0.4, -0.2) is 25.6 Å². The number of ether oxygens (including phenoxy) is 1. The fourth-order valence-electron chi connectivity index (χ4n) is 2.40. The van der Waals surface area contributed by atoms with E-state index < -0.39 is 0 Å². The summed E-state index contributed by atoms with van der Waals surface area (Å²) in [4.78, 5) is 12.2. The Morgan fingerprint density at radius 2 is 2.15 bits per heavy atom. The number of amides is 1. The molecule has 0 unspecified atom stereocenters. The molecule has 0 saturated carbocycles. The Bertz CT molecular complexity index is 486. The molecule has 1 aromatic rings. The summed E-state index contributed by atoms with van der Waals surface area (Å²) in [7, 11) is 1.62. The summed E-state index contributed by atoms with van der Waals surface area (Å²) in [6, 6.07) is 5.88. The molecule has 4 nitrogen and oxygen atoms in total. The number of anilines is 1. The van der Waals surface area contributed by atoms with Gasteiger partial charge >= 0.3 is 0 Å². The van der Waals surface area contributed by atoms with Gasteiger partial charge in [-0.2, -0.15) is 0 Å². The normalized spacial score (nSPS) is 18.9. The molecular weight excluding hydrogens is 252 g/mol. The van der Waals surface area contributed by atoms with Crippen LogP contribution >= 0.6 is 0 Å². The Balaban J connectivity index is 2.22. The highest BCUT2D eigenvalue weighted by Crippen LogP contribution is 2.31. The summed E-state index contributed by atoms with van der Waals surface area (Å²) < 4.78 is 5.34. The summed E-state index contributed by atoms with van der Waals surface area (Å²) >= 11 is 0. The van der Waals surface area contributed by atoms with Gasteiger partial charge < -0.3 is 15.4 Å². The monoisotopic (exact) mass is 276 g/mol. The molecule has 4 heteroatoms. The third kappa shape index (κ3) is 3.31. The smallest absolute Gasteiger partial charge is 0.241 e. The van der Waals surface area contributed by atoms with Gasteiger partial charge in [0.2, 0.25) is 5.91 Å². The van der Waals surface area contributed by atoms with E-state index >= 15 is 0 Å². The van der Waals surface area contributed by atoms with Gasteiger partial charge in [0, 0.05) is 0 Å². The quantitative estimate of drug-likeness (QED) is 0.892. The lowest BCUT2D eigenvalue weighted by molar-refractivity contribution is -0.117. The number of rotatable bonds is 3. The fourth-order valence-corrected chi connectivity index (χ4v) is 2.40. The number of methoxy groups -OCH3 is 1. The molecule has 0 aromatic heterocycles. The van der Waals surface area contributed by atoms with E-state index in [1.54, 1.807) is 7.11 Å². The average Bonchev–Trinajstić information content (AvgIpc) is 2.91. The molecule has 20 heavy (non-hydrogen) atoms. The summed E-state index contributed by atoms with van der Waals surface area (Å²) in [5.74, 6) is 0.719. The summed E-state index contributed by atoms with van der Waals surface area (Å²) in [6.07, 6.45) is 1.95. The standard InChI is InChI=1S/C16H24N2O2/c1-16(2,3)11-7-8-14(20-4)13(10-11)18-15(19)12-6-5-9-17-12/h7-8,10,12,17H,5-6,9H2,1-4H3,(H,18,19)/t12-/m1/s1. The van der Waals surface area contributed by atoms with Gasteiger partial charge in [0.1, 0.15) is 5.75 Å². The number of hydrogen-bond acceptors (Lipinski definition) is 3. The lowest BCUT2D eigenvalue weighted by Gasteiger charge is -2.21. The summed E-state index contributed by atoms with van der Waals surface area (Å²) in [5, 5.41) is 6.20. The van der Waals surface area contributed by atoms with Crippen molar-refractivity contribution in [1.82, 2.24) is 5.32 Å². The van der Waals surface area contributed by atoms with Gasteiger partial charge in [0.25, 0.3) is 0 Å². The predicted molar refractivity (Wildman–Crippen MR) is 81.3 cm³/mol. The first-order valence-corrected chi connectivity index (χ1v) is 7.14. The highest BCUT2D eigenvalue weighted by molar-refractivity contribution is 5.96. The van der Waals surface area contributed by atoms with Crippen LogP contribution in [0.5, 0.6) is 5.75 Å². The third-order valence-electron chi connectivity index (χ3n) is 3.70. The van der Waals surface area contributed by atoms with Crippen LogP contribution in [-0.2, 0) is 10.2 Å². The van der Waals surface area contributed by atoms with E-state index in [9.17, 15) is 4.79 Å². The second-order valence-corrected chi connectivity index (χ2v) is 6.30. The highest BCUT2D eigenvalue weighted by Gasteiger charge is 2.23. The lowest BCUT2D eigenvalue weighted by Crippen LogP contribution is -2.35. The topological polar surface area (TPSA) is 50.4 Å². The zero-order valence-corrected chi connectivity index (χ0v) is 12.7. The van der Waals surface area contributed by atoms with E-state index in [0.29, 0.717) is 5.75 Å². The highest BCUT2D eigenvalue weighted by atomic mass is 16.5. The fraction of sp³-hybridized carbons (Fsp3) is 0.562. The molecule has 1 aromatic carbocycles. The van der Waals surface area contributed by atoms with E-state index in [0.717, 1.165) is 25.1 Å². The van der Waals surface area contributed by atoms with Crippen LogP contribution in [0.3, 0.4) is 0 Å². The Kier molecular flexibility index (Phi) is 4.33. The van der Waals surface area contributed by atoms with Crippen molar-refractivity contribution in [3.63, 3.8) is 0 Å². The van der Waals surface area contributed by atoms with Crippen LogP contribution in [0.15, 0.2) is 18.2 Å². The van der Waals surface area contributed by atoms with Crippen LogP contribution in [0.4, 0.5) is 5.69 Å². The van der Waals surface area contributed by atoms with Gasteiger partial charge in [0.15, 0.2) is 0 Å². The minimum Gasteiger partial charge on any atom is -0.495 e. The molecule has 1 aliphatic rings. The van der Waals surface area contributed by atoms with Crippen molar-refractivity contribution < 1.29 is 9.53 Å². The van der Waals surface area contributed by atoms with Gasteiger partial charge in [-0.15, -0.1) is 0 Å². The lowest BCUT2D eigenvalue weighted by atomic mass is 9.87. The Labute approximate surface area is 120 Å². The maximum Gasteiger partial charge on any atom is 0.241 e. The van der Waals surface area contributed by atoms with Crippen LogP contribution in [0.1, 0.15) is 39.2 Å². The van der Waals surface area contributed by atoms with Crippen molar-refractivity contribution in [2.24, 2.45) is 0 Å².